The summed E-state index contributed by atoms with van der Waals surface area (Å²) >= 11 is 4.29. The van der Waals surface area contributed by atoms with Gasteiger partial charge in [-0.15, -0.1) is 0 Å². The summed E-state index contributed by atoms with van der Waals surface area (Å²) in [6.07, 6.45) is 1.64. The molecule has 124 valence electrons. The van der Waals surface area contributed by atoms with Crippen LogP contribution in [0.15, 0.2) is 23.7 Å². The SMILES string of the molecule is CC1(C)OB(C(=Cc2ccc(F)cc2C(=O)O)CS)OC1(C)C. The Balaban J connectivity index is 2.40. The molecule has 1 aromatic carbocycles. The van der Waals surface area contributed by atoms with Crippen molar-refractivity contribution in [3.8, 4) is 0 Å². The average Bonchev–Trinajstić information content (AvgIpc) is 2.65. The van der Waals surface area contributed by atoms with Gasteiger partial charge in [0.15, 0.2) is 0 Å². The van der Waals surface area contributed by atoms with Gasteiger partial charge in [0.1, 0.15) is 5.82 Å². The Morgan fingerprint density at radius 1 is 1.30 bits per heavy atom. The van der Waals surface area contributed by atoms with Crippen LogP contribution in [-0.2, 0) is 9.31 Å². The van der Waals surface area contributed by atoms with Gasteiger partial charge < -0.3 is 14.4 Å². The zero-order valence-electron chi connectivity index (χ0n) is 13.6. The summed E-state index contributed by atoms with van der Waals surface area (Å²) in [5, 5.41) is 9.23. The van der Waals surface area contributed by atoms with Crippen LogP contribution in [0.4, 0.5) is 4.39 Å². The minimum atomic E-state index is -1.19. The van der Waals surface area contributed by atoms with Crippen molar-refractivity contribution in [3.05, 3.63) is 40.6 Å². The maximum Gasteiger partial charge on any atom is 0.491 e. The lowest BCUT2D eigenvalue weighted by Crippen LogP contribution is -2.41. The molecule has 1 aliphatic rings. The number of carboxylic acid groups (broad SMARTS) is 1. The first-order chi connectivity index (χ1) is 10.6. The smallest absolute Gasteiger partial charge is 0.478 e. The van der Waals surface area contributed by atoms with Gasteiger partial charge >= 0.3 is 13.1 Å². The zero-order chi connectivity index (χ0) is 17.4. The van der Waals surface area contributed by atoms with Gasteiger partial charge in [0, 0.05) is 5.75 Å². The van der Waals surface area contributed by atoms with Gasteiger partial charge in [-0.2, -0.15) is 12.6 Å². The largest absolute Gasteiger partial charge is 0.491 e. The van der Waals surface area contributed by atoms with Crippen molar-refractivity contribution in [2.24, 2.45) is 0 Å². The summed E-state index contributed by atoms with van der Waals surface area (Å²) in [5.41, 5.74) is -0.0458. The third kappa shape index (κ3) is 3.62. The lowest BCUT2D eigenvalue weighted by Gasteiger charge is -2.32. The molecule has 0 unspecified atom stereocenters. The van der Waals surface area contributed by atoms with Crippen molar-refractivity contribution in [2.75, 3.05) is 5.75 Å². The van der Waals surface area contributed by atoms with Crippen LogP contribution in [0.3, 0.4) is 0 Å². The quantitative estimate of drug-likeness (QED) is 0.652. The number of hydrogen-bond donors (Lipinski definition) is 2. The summed E-state index contributed by atoms with van der Waals surface area (Å²) in [7, 11) is -0.621. The first-order valence-corrected chi connectivity index (χ1v) is 7.90. The summed E-state index contributed by atoms with van der Waals surface area (Å²) in [4.78, 5) is 11.3. The number of aromatic carboxylic acids is 1. The van der Waals surface area contributed by atoms with E-state index in [0.29, 0.717) is 16.8 Å². The number of carbonyl (C=O) groups is 1. The molecule has 0 radical (unpaired) electrons. The van der Waals surface area contributed by atoms with Crippen LogP contribution in [0, 0.1) is 5.82 Å². The second-order valence-corrected chi connectivity index (χ2v) is 6.82. The fourth-order valence-corrected chi connectivity index (χ4v) is 2.46. The average molecular weight is 338 g/mol. The van der Waals surface area contributed by atoms with Crippen molar-refractivity contribution >= 4 is 31.8 Å². The molecule has 0 spiro atoms. The van der Waals surface area contributed by atoms with E-state index in [4.69, 9.17) is 9.31 Å². The van der Waals surface area contributed by atoms with Crippen molar-refractivity contribution in [1.82, 2.24) is 0 Å². The monoisotopic (exact) mass is 338 g/mol. The number of carboxylic acids is 1. The Bertz CT molecular complexity index is 641. The van der Waals surface area contributed by atoms with E-state index < -0.39 is 30.1 Å². The van der Waals surface area contributed by atoms with Gasteiger partial charge in [-0.1, -0.05) is 12.1 Å². The Morgan fingerprint density at radius 3 is 2.35 bits per heavy atom. The third-order valence-corrected chi connectivity index (χ3v) is 4.69. The van der Waals surface area contributed by atoms with Gasteiger partial charge in [-0.05, 0) is 50.9 Å². The first kappa shape index (κ1) is 18.0. The third-order valence-electron chi connectivity index (χ3n) is 4.33. The fraction of sp³-hybridized carbons (Fsp3) is 0.438. The highest BCUT2D eigenvalue weighted by atomic mass is 32.1. The van der Waals surface area contributed by atoms with Crippen LogP contribution in [0.25, 0.3) is 6.08 Å². The van der Waals surface area contributed by atoms with Crippen molar-refractivity contribution in [2.45, 2.75) is 38.9 Å². The minimum Gasteiger partial charge on any atom is -0.478 e. The molecule has 4 nitrogen and oxygen atoms in total. The highest BCUT2D eigenvalue weighted by Gasteiger charge is 2.52. The number of hydrogen-bond acceptors (Lipinski definition) is 4. The van der Waals surface area contributed by atoms with Gasteiger partial charge in [-0.25, -0.2) is 9.18 Å². The molecule has 7 heteroatoms. The Labute approximate surface area is 141 Å². The van der Waals surface area contributed by atoms with Crippen LogP contribution < -0.4 is 0 Å². The molecular formula is C16H20BFO4S. The van der Waals surface area contributed by atoms with Gasteiger partial charge in [0.05, 0.1) is 16.8 Å². The van der Waals surface area contributed by atoms with Crippen molar-refractivity contribution < 1.29 is 23.6 Å². The molecule has 0 aliphatic carbocycles. The maximum atomic E-state index is 13.3. The predicted octanol–water partition coefficient (Wildman–Crippen LogP) is 3.47. The molecule has 0 amide bonds. The van der Waals surface area contributed by atoms with E-state index in [1.165, 1.54) is 12.1 Å². The molecule has 1 N–H and O–H groups in total. The van der Waals surface area contributed by atoms with E-state index in [1.54, 1.807) is 6.08 Å². The van der Waals surface area contributed by atoms with E-state index in [2.05, 4.69) is 12.6 Å². The van der Waals surface area contributed by atoms with E-state index in [1.807, 2.05) is 27.7 Å². The summed E-state index contributed by atoms with van der Waals surface area (Å²) in [6, 6.07) is 3.64. The molecule has 1 fully saturated rings. The normalized spacial score (nSPS) is 19.9. The molecule has 1 aliphatic heterocycles. The Kier molecular flexibility index (Phi) is 4.94. The maximum absolute atomic E-state index is 13.3. The molecular weight excluding hydrogens is 318 g/mol. The zero-order valence-corrected chi connectivity index (χ0v) is 14.5. The number of thiol groups is 1. The molecule has 1 heterocycles. The van der Waals surface area contributed by atoms with Gasteiger partial charge in [0.25, 0.3) is 0 Å². The number of halogens is 1. The van der Waals surface area contributed by atoms with E-state index in [-0.39, 0.29) is 5.56 Å². The highest BCUT2D eigenvalue weighted by molar-refractivity contribution is 7.80. The molecule has 0 atom stereocenters. The van der Waals surface area contributed by atoms with Crippen LogP contribution in [0.1, 0.15) is 43.6 Å². The van der Waals surface area contributed by atoms with E-state index >= 15 is 0 Å². The lowest BCUT2D eigenvalue weighted by molar-refractivity contribution is 0.00578. The second kappa shape index (κ2) is 6.30. The van der Waals surface area contributed by atoms with Crippen LogP contribution in [0.5, 0.6) is 0 Å². The highest BCUT2D eigenvalue weighted by Crippen LogP contribution is 2.39. The predicted molar refractivity (Wildman–Crippen MR) is 91.3 cm³/mol. The molecule has 23 heavy (non-hydrogen) atoms. The summed E-state index contributed by atoms with van der Waals surface area (Å²) < 4.78 is 25.2. The van der Waals surface area contributed by atoms with Crippen LogP contribution in [-0.4, -0.2) is 35.1 Å². The van der Waals surface area contributed by atoms with Gasteiger partial charge in [-0.3, -0.25) is 0 Å². The minimum absolute atomic E-state index is 0.110. The number of benzene rings is 1. The van der Waals surface area contributed by atoms with E-state index in [9.17, 15) is 14.3 Å². The molecule has 0 saturated carbocycles. The molecule has 0 bridgehead atoms. The van der Waals surface area contributed by atoms with E-state index in [0.717, 1.165) is 6.07 Å². The fourth-order valence-electron chi connectivity index (χ4n) is 2.22. The number of rotatable bonds is 4. The van der Waals surface area contributed by atoms with Crippen LogP contribution in [0.2, 0.25) is 0 Å². The topological polar surface area (TPSA) is 55.8 Å². The molecule has 1 saturated heterocycles. The van der Waals surface area contributed by atoms with Crippen LogP contribution >= 0.6 is 12.6 Å². The standard InChI is InChI=1S/C16H20BFO4S/c1-15(2)16(3,4)22-17(21-15)11(9-23)7-10-5-6-12(18)8-13(10)14(19)20/h5-8,23H,9H2,1-4H3,(H,19,20). The summed E-state index contributed by atoms with van der Waals surface area (Å²) in [5.74, 6) is -1.46. The molecule has 0 aromatic heterocycles. The lowest BCUT2D eigenvalue weighted by atomic mass is 9.78. The molecule has 2 rings (SSSR count). The van der Waals surface area contributed by atoms with Crippen molar-refractivity contribution in [3.63, 3.8) is 0 Å². The summed E-state index contributed by atoms with van der Waals surface area (Å²) in [6.45, 7) is 7.74. The second-order valence-electron chi connectivity index (χ2n) is 6.50. The van der Waals surface area contributed by atoms with Crippen molar-refractivity contribution in [1.29, 1.82) is 0 Å². The first-order valence-electron chi connectivity index (χ1n) is 7.27. The Morgan fingerprint density at radius 2 is 1.87 bits per heavy atom. The van der Waals surface area contributed by atoms with Gasteiger partial charge in [0.2, 0.25) is 0 Å². The molecule has 1 aromatic rings. The Hall–Kier alpha value is -1.31.